The van der Waals surface area contributed by atoms with Crippen LogP contribution < -0.4 is 5.73 Å². The molecule has 6 nitrogen and oxygen atoms in total. The summed E-state index contributed by atoms with van der Waals surface area (Å²) in [4.78, 5) is 0. The van der Waals surface area contributed by atoms with Gasteiger partial charge < -0.3 is 30.9 Å². The lowest BCUT2D eigenvalue weighted by atomic mass is 10.1. The van der Waals surface area contributed by atoms with Gasteiger partial charge >= 0.3 is 0 Å². The summed E-state index contributed by atoms with van der Waals surface area (Å²) in [5, 5.41) is 35.6. The maximum atomic E-state index is 9.17. The van der Waals surface area contributed by atoms with Crippen LogP contribution in [0.2, 0.25) is 0 Å². The zero-order valence-electron chi connectivity index (χ0n) is 7.50. The number of aliphatic hydroxyl groups is 4. The standard InChI is InChI=1S/C7H17NO5/c1-4(8)13-3-6(11)7(12)5(10)2-9/h4-7,9-12H,2-3,8H2,1H3. The number of hydrogen-bond donors (Lipinski definition) is 5. The summed E-state index contributed by atoms with van der Waals surface area (Å²) < 4.78 is 4.79. The van der Waals surface area contributed by atoms with Gasteiger partial charge in [0.15, 0.2) is 0 Å². The summed E-state index contributed by atoms with van der Waals surface area (Å²) in [5.74, 6) is 0. The third-order valence-corrected chi connectivity index (χ3v) is 1.51. The quantitative estimate of drug-likeness (QED) is 0.296. The van der Waals surface area contributed by atoms with Crippen molar-refractivity contribution in [2.45, 2.75) is 31.5 Å². The minimum atomic E-state index is -1.43. The smallest absolute Gasteiger partial charge is 0.110 e. The van der Waals surface area contributed by atoms with Crippen molar-refractivity contribution >= 4 is 0 Å². The predicted octanol–water partition coefficient (Wildman–Crippen LogP) is -2.62. The lowest BCUT2D eigenvalue weighted by molar-refractivity contribution is -0.107. The minimum absolute atomic E-state index is 0.185. The van der Waals surface area contributed by atoms with Crippen molar-refractivity contribution < 1.29 is 25.2 Å². The Kier molecular flexibility index (Phi) is 6.13. The van der Waals surface area contributed by atoms with Crippen LogP contribution in [0, 0.1) is 0 Å². The molecule has 0 radical (unpaired) electrons. The molecular formula is C7H17NO5. The van der Waals surface area contributed by atoms with Crippen LogP contribution in [-0.4, -0.2) is 58.2 Å². The lowest BCUT2D eigenvalue weighted by Crippen LogP contribution is -2.42. The Bertz CT molecular complexity index is 132. The first kappa shape index (κ1) is 12.8. The summed E-state index contributed by atoms with van der Waals surface area (Å²) in [6, 6.07) is 0. The van der Waals surface area contributed by atoms with E-state index in [1.807, 2.05) is 0 Å². The minimum Gasteiger partial charge on any atom is -0.394 e. The van der Waals surface area contributed by atoms with Crippen molar-refractivity contribution in [1.29, 1.82) is 0 Å². The van der Waals surface area contributed by atoms with Gasteiger partial charge in [0.05, 0.1) is 13.2 Å². The van der Waals surface area contributed by atoms with E-state index in [0.717, 1.165) is 0 Å². The summed E-state index contributed by atoms with van der Waals surface area (Å²) in [5.41, 5.74) is 5.22. The average molecular weight is 195 g/mol. The van der Waals surface area contributed by atoms with E-state index in [9.17, 15) is 0 Å². The van der Waals surface area contributed by atoms with E-state index in [0.29, 0.717) is 0 Å². The second-order valence-electron chi connectivity index (χ2n) is 2.85. The third kappa shape index (κ3) is 5.14. The highest BCUT2D eigenvalue weighted by molar-refractivity contribution is 4.74. The third-order valence-electron chi connectivity index (χ3n) is 1.51. The van der Waals surface area contributed by atoms with Gasteiger partial charge in [0, 0.05) is 0 Å². The predicted molar refractivity (Wildman–Crippen MR) is 44.7 cm³/mol. The van der Waals surface area contributed by atoms with Crippen molar-refractivity contribution in [2.24, 2.45) is 5.73 Å². The number of ether oxygens (including phenoxy) is 1. The molecule has 80 valence electrons. The molecule has 0 saturated carbocycles. The largest absolute Gasteiger partial charge is 0.394 e. The summed E-state index contributed by atoms with van der Waals surface area (Å²) in [7, 11) is 0. The fourth-order valence-electron chi connectivity index (χ4n) is 0.713. The number of rotatable bonds is 6. The Hall–Kier alpha value is -0.240. The van der Waals surface area contributed by atoms with Gasteiger partial charge in [0.1, 0.15) is 24.5 Å². The normalized spacial score (nSPS) is 20.8. The molecule has 0 aliphatic heterocycles. The van der Waals surface area contributed by atoms with E-state index in [4.69, 9.17) is 30.9 Å². The van der Waals surface area contributed by atoms with Gasteiger partial charge in [-0.05, 0) is 6.92 Å². The molecule has 0 spiro atoms. The van der Waals surface area contributed by atoms with Gasteiger partial charge in [-0.3, -0.25) is 0 Å². The van der Waals surface area contributed by atoms with Crippen LogP contribution >= 0.6 is 0 Å². The average Bonchev–Trinajstić information content (AvgIpc) is 2.11. The molecule has 4 unspecified atom stereocenters. The van der Waals surface area contributed by atoms with Crippen molar-refractivity contribution in [3.8, 4) is 0 Å². The molecule has 0 aliphatic rings. The molecule has 6 heteroatoms. The molecule has 0 aromatic carbocycles. The highest BCUT2D eigenvalue weighted by Crippen LogP contribution is 2.01. The zero-order valence-corrected chi connectivity index (χ0v) is 7.50. The van der Waals surface area contributed by atoms with Crippen molar-refractivity contribution in [3.63, 3.8) is 0 Å². The maximum Gasteiger partial charge on any atom is 0.110 e. The Morgan fingerprint density at radius 1 is 1.23 bits per heavy atom. The van der Waals surface area contributed by atoms with Crippen molar-refractivity contribution in [2.75, 3.05) is 13.2 Å². The summed E-state index contributed by atoms with van der Waals surface area (Å²) in [6.45, 7) is 0.772. The second kappa shape index (κ2) is 6.25. The van der Waals surface area contributed by atoms with E-state index in [1.54, 1.807) is 6.92 Å². The lowest BCUT2D eigenvalue weighted by Gasteiger charge is -2.22. The van der Waals surface area contributed by atoms with Gasteiger partial charge in [-0.1, -0.05) is 0 Å². The molecular weight excluding hydrogens is 178 g/mol. The van der Waals surface area contributed by atoms with E-state index in [2.05, 4.69) is 0 Å². The molecule has 4 atom stereocenters. The molecule has 6 N–H and O–H groups in total. The monoisotopic (exact) mass is 195 g/mol. The molecule has 0 amide bonds. The fourth-order valence-corrected chi connectivity index (χ4v) is 0.713. The van der Waals surface area contributed by atoms with Gasteiger partial charge in [0.2, 0.25) is 0 Å². The second-order valence-corrected chi connectivity index (χ2v) is 2.85. The Balaban J connectivity index is 3.74. The molecule has 13 heavy (non-hydrogen) atoms. The molecule has 0 aliphatic carbocycles. The number of hydrogen-bond acceptors (Lipinski definition) is 6. The van der Waals surface area contributed by atoms with Crippen molar-refractivity contribution in [3.05, 3.63) is 0 Å². The topological polar surface area (TPSA) is 116 Å². The molecule has 0 bridgehead atoms. The first-order chi connectivity index (χ1) is 5.99. The van der Waals surface area contributed by atoms with Crippen LogP contribution in [0.4, 0.5) is 0 Å². The van der Waals surface area contributed by atoms with E-state index in [-0.39, 0.29) is 6.61 Å². The number of nitrogens with two attached hydrogens (primary N) is 1. The van der Waals surface area contributed by atoms with E-state index < -0.39 is 31.1 Å². The SMILES string of the molecule is CC(N)OCC(O)C(O)C(O)CO. The molecule has 0 aromatic rings. The summed E-state index contributed by atoms with van der Waals surface area (Å²) in [6.07, 6.45) is -4.60. The highest BCUT2D eigenvalue weighted by Gasteiger charge is 2.24. The van der Waals surface area contributed by atoms with Gasteiger partial charge in [0.25, 0.3) is 0 Å². The first-order valence-electron chi connectivity index (χ1n) is 4.01. The van der Waals surface area contributed by atoms with Crippen LogP contribution in [0.15, 0.2) is 0 Å². The van der Waals surface area contributed by atoms with Crippen molar-refractivity contribution in [1.82, 2.24) is 0 Å². The zero-order chi connectivity index (χ0) is 10.4. The maximum absolute atomic E-state index is 9.17. The molecule has 0 heterocycles. The van der Waals surface area contributed by atoms with E-state index >= 15 is 0 Å². The van der Waals surface area contributed by atoms with Crippen LogP contribution in [-0.2, 0) is 4.74 Å². The van der Waals surface area contributed by atoms with Gasteiger partial charge in [-0.25, -0.2) is 0 Å². The van der Waals surface area contributed by atoms with Gasteiger partial charge in [-0.15, -0.1) is 0 Å². The highest BCUT2D eigenvalue weighted by atomic mass is 16.5. The van der Waals surface area contributed by atoms with Crippen LogP contribution in [0.25, 0.3) is 0 Å². The Labute approximate surface area is 76.6 Å². The van der Waals surface area contributed by atoms with Crippen LogP contribution in [0.5, 0.6) is 0 Å². The molecule has 0 aromatic heterocycles. The van der Waals surface area contributed by atoms with E-state index in [1.165, 1.54) is 0 Å². The van der Waals surface area contributed by atoms with Crippen LogP contribution in [0.1, 0.15) is 6.92 Å². The molecule has 0 saturated heterocycles. The van der Waals surface area contributed by atoms with Gasteiger partial charge in [-0.2, -0.15) is 0 Å². The first-order valence-corrected chi connectivity index (χ1v) is 4.01. The van der Waals surface area contributed by atoms with Crippen LogP contribution in [0.3, 0.4) is 0 Å². The fraction of sp³-hybridized carbons (Fsp3) is 1.00. The Morgan fingerprint density at radius 3 is 2.15 bits per heavy atom. The molecule has 0 fully saturated rings. The molecule has 0 rings (SSSR count). The number of aliphatic hydroxyl groups excluding tert-OH is 4. The summed E-state index contributed by atoms with van der Waals surface area (Å²) >= 11 is 0. The Morgan fingerprint density at radius 2 is 1.77 bits per heavy atom.